The number of carbonyl (C=O) groups is 1. The summed E-state index contributed by atoms with van der Waals surface area (Å²) in [6.07, 6.45) is 1.78. The zero-order chi connectivity index (χ0) is 10.7. The summed E-state index contributed by atoms with van der Waals surface area (Å²) in [5, 5.41) is 2.00. The second kappa shape index (κ2) is 4.77. The van der Waals surface area contributed by atoms with E-state index in [-0.39, 0.29) is 12.1 Å². The molecule has 82 valence electrons. The predicted molar refractivity (Wildman–Crippen MR) is 57.6 cm³/mol. The summed E-state index contributed by atoms with van der Waals surface area (Å²) in [4.78, 5) is 12.6. The van der Waals surface area contributed by atoms with Crippen LogP contribution >= 0.6 is 11.3 Å². The van der Waals surface area contributed by atoms with Gasteiger partial charge in [-0.1, -0.05) is 6.07 Å². The van der Waals surface area contributed by atoms with Crippen molar-refractivity contribution in [1.29, 1.82) is 0 Å². The van der Waals surface area contributed by atoms with Gasteiger partial charge in [0.1, 0.15) is 0 Å². The number of ether oxygens (including phenoxy) is 2. The highest BCUT2D eigenvalue weighted by Crippen LogP contribution is 2.35. The first-order chi connectivity index (χ1) is 7.31. The van der Waals surface area contributed by atoms with E-state index in [0.717, 1.165) is 17.7 Å². The van der Waals surface area contributed by atoms with Gasteiger partial charge in [0.15, 0.2) is 6.10 Å². The zero-order valence-corrected chi connectivity index (χ0v) is 9.46. The fraction of sp³-hybridized carbons (Fsp3) is 0.545. The molecule has 1 aromatic heterocycles. The molecule has 0 bridgehead atoms. The number of hydrogen-bond acceptors (Lipinski definition) is 4. The normalized spacial score (nSPS) is 17.4. The third kappa shape index (κ3) is 2.79. The fourth-order valence-corrected chi connectivity index (χ4v) is 2.10. The molecule has 15 heavy (non-hydrogen) atoms. The summed E-state index contributed by atoms with van der Waals surface area (Å²) >= 11 is 1.64. The zero-order valence-electron chi connectivity index (χ0n) is 8.64. The molecule has 0 amide bonds. The number of thiophene rings is 1. The molecule has 0 N–H and O–H groups in total. The first-order valence-electron chi connectivity index (χ1n) is 5.03. The van der Waals surface area contributed by atoms with Gasteiger partial charge < -0.3 is 9.47 Å². The Kier molecular flexibility index (Phi) is 3.38. The molecule has 1 unspecified atom stereocenters. The van der Waals surface area contributed by atoms with Crippen LogP contribution in [0.25, 0.3) is 0 Å². The van der Waals surface area contributed by atoms with Crippen LogP contribution in [0.4, 0.5) is 0 Å². The minimum atomic E-state index is -0.364. The van der Waals surface area contributed by atoms with Crippen LogP contribution in [0.2, 0.25) is 0 Å². The SMILES string of the molecule is COC(=O)C(OCc1cccs1)C1CC1. The molecule has 4 heteroatoms. The van der Waals surface area contributed by atoms with Gasteiger partial charge in [-0.15, -0.1) is 11.3 Å². The van der Waals surface area contributed by atoms with E-state index in [9.17, 15) is 4.79 Å². The lowest BCUT2D eigenvalue weighted by atomic mass is 10.2. The monoisotopic (exact) mass is 226 g/mol. The molecule has 3 nitrogen and oxygen atoms in total. The fourth-order valence-electron chi connectivity index (χ4n) is 1.48. The highest BCUT2D eigenvalue weighted by molar-refractivity contribution is 7.09. The van der Waals surface area contributed by atoms with Gasteiger partial charge in [0.25, 0.3) is 0 Å². The van der Waals surface area contributed by atoms with Gasteiger partial charge in [0, 0.05) is 4.88 Å². The third-order valence-electron chi connectivity index (χ3n) is 2.47. The molecular weight excluding hydrogens is 212 g/mol. The molecule has 1 aliphatic carbocycles. The summed E-state index contributed by atoms with van der Waals surface area (Å²) in [6, 6.07) is 3.99. The largest absolute Gasteiger partial charge is 0.467 e. The van der Waals surface area contributed by atoms with Gasteiger partial charge in [-0.25, -0.2) is 4.79 Å². The van der Waals surface area contributed by atoms with Crippen molar-refractivity contribution in [2.45, 2.75) is 25.6 Å². The Morgan fingerprint density at radius 1 is 1.67 bits per heavy atom. The van der Waals surface area contributed by atoms with Crippen molar-refractivity contribution in [2.75, 3.05) is 7.11 Å². The van der Waals surface area contributed by atoms with Crippen LogP contribution in [0.15, 0.2) is 17.5 Å². The smallest absolute Gasteiger partial charge is 0.335 e. The standard InChI is InChI=1S/C11H14O3S/c1-13-11(12)10(8-4-5-8)14-7-9-3-2-6-15-9/h2-3,6,8,10H,4-5,7H2,1H3. The highest BCUT2D eigenvalue weighted by atomic mass is 32.1. The Morgan fingerprint density at radius 2 is 2.47 bits per heavy atom. The van der Waals surface area contributed by atoms with Crippen LogP contribution in [-0.2, 0) is 20.9 Å². The predicted octanol–water partition coefficient (Wildman–Crippen LogP) is 2.22. The second-order valence-electron chi connectivity index (χ2n) is 3.67. The van der Waals surface area contributed by atoms with Crippen molar-refractivity contribution in [3.05, 3.63) is 22.4 Å². The molecule has 1 aromatic rings. The first-order valence-corrected chi connectivity index (χ1v) is 5.91. The van der Waals surface area contributed by atoms with Gasteiger partial charge in [0.2, 0.25) is 0 Å². The van der Waals surface area contributed by atoms with E-state index in [4.69, 9.17) is 9.47 Å². The highest BCUT2D eigenvalue weighted by Gasteiger charge is 2.37. The van der Waals surface area contributed by atoms with Crippen LogP contribution in [0.3, 0.4) is 0 Å². The van der Waals surface area contributed by atoms with Crippen LogP contribution in [0.1, 0.15) is 17.7 Å². The average Bonchev–Trinajstić information content (AvgIpc) is 2.95. The first kappa shape index (κ1) is 10.6. The molecule has 1 heterocycles. The second-order valence-corrected chi connectivity index (χ2v) is 4.70. The van der Waals surface area contributed by atoms with Crippen LogP contribution in [0, 0.1) is 5.92 Å². The van der Waals surface area contributed by atoms with Crippen molar-refractivity contribution in [2.24, 2.45) is 5.92 Å². The van der Waals surface area contributed by atoms with Gasteiger partial charge in [-0.3, -0.25) is 0 Å². The van der Waals surface area contributed by atoms with Crippen LogP contribution < -0.4 is 0 Å². The summed E-state index contributed by atoms with van der Waals surface area (Å²) in [5.74, 6) is 0.131. The molecule has 0 saturated heterocycles. The molecule has 0 spiro atoms. The Hall–Kier alpha value is -0.870. The van der Waals surface area contributed by atoms with Gasteiger partial charge >= 0.3 is 5.97 Å². The lowest BCUT2D eigenvalue weighted by molar-refractivity contribution is -0.156. The van der Waals surface area contributed by atoms with Crippen molar-refractivity contribution in [3.8, 4) is 0 Å². The van der Waals surface area contributed by atoms with Crippen LogP contribution in [-0.4, -0.2) is 19.2 Å². The van der Waals surface area contributed by atoms with Crippen LogP contribution in [0.5, 0.6) is 0 Å². The number of hydrogen-bond donors (Lipinski definition) is 0. The molecular formula is C11H14O3S. The van der Waals surface area contributed by atoms with Gasteiger partial charge in [0.05, 0.1) is 13.7 Å². The molecule has 1 saturated carbocycles. The van der Waals surface area contributed by atoms with E-state index in [1.165, 1.54) is 7.11 Å². The number of carbonyl (C=O) groups excluding carboxylic acids is 1. The van der Waals surface area contributed by atoms with E-state index in [2.05, 4.69) is 0 Å². The molecule has 2 rings (SSSR count). The molecule has 1 atom stereocenters. The maximum absolute atomic E-state index is 11.4. The van der Waals surface area contributed by atoms with Crippen molar-refractivity contribution < 1.29 is 14.3 Å². The minimum absolute atomic E-state index is 0.242. The lowest BCUT2D eigenvalue weighted by Crippen LogP contribution is -2.27. The maximum atomic E-state index is 11.4. The topological polar surface area (TPSA) is 35.5 Å². The Labute approximate surface area is 93.0 Å². The summed E-state index contributed by atoms with van der Waals surface area (Å²) in [5.41, 5.74) is 0. The minimum Gasteiger partial charge on any atom is -0.467 e. The van der Waals surface area contributed by atoms with Crippen molar-refractivity contribution in [3.63, 3.8) is 0 Å². The van der Waals surface area contributed by atoms with E-state index in [1.54, 1.807) is 11.3 Å². The van der Waals surface area contributed by atoms with Gasteiger partial charge in [-0.2, -0.15) is 0 Å². The molecule has 0 aromatic carbocycles. The lowest BCUT2D eigenvalue weighted by Gasteiger charge is -2.13. The Bertz CT molecular complexity index is 317. The molecule has 0 radical (unpaired) electrons. The van der Waals surface area contributed by atoms with E-state index < -0.39 is 0 Å². The van der Waals surface area contributed by atoms with E-state index >= 15 is 0 Å². The Morgan fingerprint density at radius 3 is 3.00 bits per heavy atom. The molecule has 1 aliphatic rings. The summed E-state index contributed by atoms with van der Waals surface area (Å²) in [6.45, 7) is 0.508. The Balaban J connectivity index is 1.87. The number of esters is 1. The van der Waals surface area contributed by atoms with E-state index in [1.807, 2.05) is 17.5 Å². The van der Waals surface area contributed by atoms with Gasteiger partial charge in [-0.05, 0) is 30.2 Å². The average molecular weight is 226 g/mol. The van der Waals surface area contributed by atoms with Crippen molar-refractivity contribution in [1.82, 2.24) is 0 Å². The summed E-state index contributed by atoms with van der Waals surface area (Å²) in [7, 11) is 1.41. The molecule has 1 fully saturated rings. The van der Waals surface area contributed by atoms with Crippen molar-refractivity contribution >= 4 is 17.3 Å². The molecule has 0 aliphatic heterocycles. The quantitative estimate of drug-likeness (QED) is 0.722. The number of methoxy groups -OCH3 is 1. The third-order valence-corrected chi connectivity index (χ3v) is 3.32. The summed E-state index contributed by atoms with van der Waals surface area (Å²) < 4.78 is 10.3. The maximum Gasteiger partial charge on any atom is 0.335 e. The van der Waals surface area contributed by atoms with E-state index in [0.29, 0.717) is 12.5 Å². The number of rotatable bonds is 5.